The van der Waals surface area contributed by atoms with E-state index >= 15 is 0 Å². The molecule has 8 heteroatoms. The molecule has 0 amide bonds. The summed E-state index contributed by atoms with van der Waals surface area (Å²) < 4.78 is 12.5. The van der Waals surface area contributed by atoms with Gasteiger partial charge in [-0.3, -0.25) is 9.67 Å². The molecule has 1 heterocycles. The van der Waals surface area contributed by atoms with E-state index in [0.29, 0.717) is 23.0 Å². The molecule has 0 spiro atoms. The van der Waals surface area contributed by atoms with Gasteiger partial charge in [0.2, 0.25) is 0 Å². The minimum atomic E-state index is -0.816. The fourth-order valence-electron chi connectivity index (χ4n) is 3.40. The zero-order chi connectivity index (χ0) is 22.3. The molecule has 0 aliphatic heterocycles. The van der Waals surface area contributed by atoms with E-state index in [1.54, 1.807) is 32.4 Å². The standard InChI is InChI=1S/C22H35N5O3/c1-8-23-22(25-14(2)11-18-15(3)26-27(5)16(18)4)24-13-20(28)19-12-17(29-6)9-10-21(19)30-7/h9-10,12,14,20,28H,8,11,13H2,1-7H3,(H2,23,24,25). The number of ether oxygens (including phenoxy) is 2. The van der Waals surface area contributed by atoms with E-state index in [9.17, 15) is 5.11 Å². The zero-order valence-corrected chi connectivity index (χ0v) is 19.1. The quantitative estimate of drug-likeness (QED) is 0.428. The van der Waals surface area contributed by atoms with Crippen LogP contribution >= 0.6 is 0 Å². The van der Waals surface area contributed by atoms with Crippen LogP contribution < -0.4 is 20.1 Å². The van der Waals surface area contributed by atoms with E-state index < -0.39 is 6.10 Å². The SMILES string of the molecule is CCNC(=NCC(O)c1cc(OC)ccc1OC)NC(C)Cc1c(C)nn(C)c1C. The van der Waals surface area contributed by atoms with Crippen molar-refractivity contribution in [1.29, 1.82) is 0 Å². The fourth-order valence-corrected chi connectivity index (χ4v) is 3.40. The molecule has 2 unspecified atom stereocenters. The Morgan fingerprint density at radius 1 is 1.27 bits per heavy atom. The van der Waals surface area contributed by atoms with Crippen molar-refractivity contribution < 1.29 is 14.6 Å². The Hall–Kier alpha value is -2.74. The maximum atomic E-state index is 10.7. The molecule has 2 aromatic rings. The van der Waals surface area contributed by atoms with Gasteiger partial charge in [0.15, 0.2) is 5.96 Å². The molecule has 0 bridgehead atoms. The van der Waals surface area contributed by atoms with Gasteiger partial charge in [0.25, 0.3) is 0 Å². The van der Waals surface area contributed by atoms with Gasteiger partial charge >= 0.3 is 0 Å². The van der Waals surface area contributed by atoms with Crippen LogP contribution in [-0.4, -0.2) is 54.2 Å². The summed E-state index contributed by atoms with van der Waals surface area (Å²) in [7, 11) is 5.14. The number of methoxy groups -OCH3 is 2. The topological polar surface area (TPSA) is 92.9 Å². The first kappa shape index (κ1) is 23.5. The Labute approximate surface area is 179 Å². The van der Waals surface area contributed by atoms with Gasteiger partial charge in [0.1, 0.15) is 17.6 Å². The lowest BCUT2D eigenvalue weighted by Gasteiger charge is -2.19. The van der Waals surface area contributed by atoms with Crippen LogP contribution in [-0.2, 0) is 13.5 Å². The second-order valence-corrected chi connectivity index (χ2v) is 7.37. The number of benzene rings is 1. The van der Waals surface area contributed by atoms with Crippen LogP contribution in [0.3, 0.4) is 0 Å². The summed E-state index contributed by atoms with van der Waals surface area (Å²) in [6, 6.07) is 5.50. The first-order chi connectivity index (χ1) is 14.3. The summed E-state index contributed by atoms with van der Waals surface area (Å²) in [5.41, 5.74) is 4.11. The van der Waals surface area contributed by atoms with Gasteiger partial charge in [-0.05, 0) is 57.9 Å². The molecule has 2 atom stereocenters. The molecular formula is C22H35N5O3. The van der Waals surface area contributed by atoms with Crippen LogP contribution in [0.2, 0.25) is 0 Å². The van der Waals surface area contributed by atoms with E-state index in [-0.39, 0.29) is 12.6 Å². The molecule has 8 nitrogen and oxygen atoms in total. The van der Waals surface area contributed by atoms with Crippen LogP contribution in [0, 0.1) is 13.8 Å². The summed E-state index contributed by atoms with van der Waals surface area (Å²) >= 11 is 0. The van der Waals surface area contributed by atoms with Crippen molar-refractivity contribution in [2.24, 2.45) is 12.0 Å². The van der Waals surface area contributed by atoms with Crippen molar-refractivity contribution in [2.45, 2.75) is 46.3 Å². The number of guanidine groups is 1. The number of aromatic nitrogens is 2. The Kier molecular flexibility index (Phi) is 8.53. The molecular weight excluding hydrogens is 382 g/mol. The van der Waals surface area contributed by atoms with Crippen LogP contribution in [0.25, 0.3) is 0 Å². The third-order valence-electron chi connectivity index (χ3n) is 5.11. The van der Waals surface area contributed by atoms with Crippen molar-refractivity contribution in [1.82, 2.24) is 20.4 Å². The number of nitrogens with zero attached hydrogens (tertiary/aromatic N) is 3. The molecule has 0 aliphatic carbocycles. The Morgan fingerprint density at radius 3 is 2.57 bits per heavy atom. The number of hydrogen-bond acceptors (Lipinski definition) is 5. The molecule has 1 aromatic heterocycles. The third-order valence-corrected chi connectivity index (χ3v) is 5.11. The minimum Gasteiger partial charge on any atom is -0.497 e. The third kappa shape index (κ3) is 5.89. The summed E-state index contributed by atoms with van der Waals surface area (Å²) in [5.74, 6) is 1.92. The van der Waals surface area contributed by atoms with E-state index in [1.807, 2.05) is 25.6 Å². The smallest absolute Gasteiger partial charge is 0.191 e. The summed E-state index contributed by atoms with van der Waals surface area (Å²) in [6.45, 7) is 9.16. The van der Waals surface area contributed by atoms with Crippen LogP contribution in [0.15, 0.2) is 23.2 Å². The van der Waals surface area contributed by atoms with Gasteiger partial charge in [-0.1, -0.05) is 0 Å². The second kappa shape index (κ2) is 10.9. The molecule has 30 heavy (non-hydrogen) atoms. The minimum absolute atomic E-state index is 0.146. The summed E-state index contributed by atoms with van der Waals surface area (Å²) in [4.78, 5) is 4.58. The molecule has 0 aliphatic rings. The van der Waals surface area contributed by atoms with E-state index in [2.05, 4.69) is 34.6 Å². The maximum Gasteiger partial charge on any atom is 0.191 e. The highest BCUT2D eigenvalue weighted by Crippen LogP contribution is 2.29. The number of rotatable bonds is 9. The van der Waals surface area contributed by atoms with Crippen molar-refractivity contribution in [2.75, 3.05) is 27.3 Å². The number of hydrogen-bond donors (Lipinski definition) is 3. The van der Waals surface area contributed by atoms with E-state index in [0.717, 1.165) is 18.7 Å². The highest BCUT2D eigenvalue weighted by Gasteiger charge is 2.16. The number of nitrogens with one attached hydrogen (secondary N) is 2. The lowest BCUT2D eigenvalue weighted by Crippen LogP contribution is -2.43. The molecule has 1 aromatic carbocycles. The largest absolute Gasteiger partial charge is 0.497 e. The van der Waals surface area contributed by atoms with Crippen LogP contribution in [0.4, 0.5) is 0 Å². The van der Waals surface area contributed by atoms with Crippen LogP contribution in [0.5, 0.6) is 11.5 Å². The van der Waals surface area contributed by atoms with Gasteiger partial charge in [-0.15, -0.1) is 0 Å². The lowest BCUT2D eigenvalue weighted by molar-refractivity contribution is 0.182. The summed E-state index contributed by atoms with van der Waals surface area (Å²) in [6.07, 6.45) is 0.0194. The number of aliphatic imine (C=N–C) groups is 1. The maximum absolute atomic E-state index is 10.7. The van der Waals surface area contributed by atoms with Gasteiger partial charge in [0, 0.05) is 30.9 Å². The predicted octanol–water partition coefficient (Wildman–Crippen LogP) is 2.27. The highest BCUT2D eigenvalue weighted by molar-refractivity contribution is 5.80. The number of aliphatic hydroxyl groups is 1. The monoisotopic (exact) mass is 417 g/mol. The average molecular weight is 418 g/mol. The van der Waals surface area contributed by atoms with Crippen molar-refractivity contribution in [3.8, 4) is 11.5 Å². The normalized spacial score (nSPS) is 13.7. The van der Waals surface area contributed by atoms with Gasteiger partial charge < -0.3 is 25.2 Å². The molecule has 3 N–H and O–H groups in total. The molecule has 166 valence electrons. The van der Waals surface area contributed by atoms with Crippen molar-refractivity contribution in [3.05, 3.63) is 40.7 Å². The van der Waals surface area contributed by atoms with Crippen molar-refractivity contribution in [3.63, 3.8) is 0 Å². The zero-order valence-electron chi connectivity index (χ0n) is 19.1. The van der Waals surface area contributed by atoms with E-state index in [4.69, 9.17) is 9.47 Å². The molecule has 0 fully saturated rings. The second-order valence-electron chi connectivity index (χ2n) is 7.37. The van der Waals surface area contributed by atoms with Gasteiger partial charge in [0.05, 0.1) is 26.5 Å². The van der Waals surface area contributed by atoms with E-state index in [1.165, 1.54) is 11.3 Å². The first-order valence-electron chi connectivity index (χ1n) is 10.2. The molecule has 2 rings (SSSR count). The molecule has 0 saturated carbocycles. The summed E-state index contributed by atoms with van der Waals surface area (Å²) in [5, 5.41) is 21.9. The fraction of sp³-hybridized carbons (Fsp3) is 0.545. The lowest BCUT2D eigenvalue weighted by atomic mass is 10.1. The highest BCUT2D eigenvalue weighted by atomic mass is 16.5. The van der Waals surface area contributed by atoms with Crippen molar-refractivity contribution >= 4 is 5.96 Å². The average Bonchev–Trinajstić information content (AvgIpc) is 2.97. The first-order valence-corrected chi connectivity index (χ1v) is 10.2. The Bertz CT molecular complexity index is 863. The van der Waals surface area contributed by atoms with Crippen LogP contribution in [0.1, 0.15) is 42.5 Å². The Morgan fingerprint density at radius 2 is 2.00 bits per heavy atom. The molecule has 0 saturated heterocycles. The Balaban J connectivity index is 2.10. The number of aliphatic hydroxyl groups excluding tert-OH is 1. The number of aryl methyl sites for hydroxylation is 2. The molecule has 0 radical (unpaired) electrons. The predicted molar refractivity (Wildman–Crippen MR) is 119 cm³/mol. The van der Waals surface area contributed by atoms with Gasteiger partial charge in [-0.25, -0.2) is 0 Å². The van der Waals surface area contributed by atoms with Gasteiger partial charge in [-0.2, -0.15) is 5.10 Å².